The summed E-state index contributed by atoms with van der Waals surface area (Å²) in [5, 5.41) is 18.4. The van der Waals surface area contributed by atoms with Crippen LogP contribution in [0.5, 0.6) is 0 Å². The number of nitrogens with zero attached hydrogens (tertiary/aromatic N) is 1. The van der Waals surface area contributed by atoms with Crippen molar-refractivity contribution in [3.8, 4) is 0 Å². The first-order valence-corrected chi connectivity index (χ1v) is 6.36. The van der Waals surface area contributed by atoms with E-state index in [-0.39, 0.29) is 18.7 Å². The summed E-state index contributed by atoms with van der Waals surface area (Å²) >= 11 is 0. The van der Waals surface area contributed by atoms with E-state index in [1.165, 1.54) is 24.2 Å². The summed E-state index contributed by atoms with van der Waals surface area (Å²) in [5.41, 5.74) is 0. The van der Waals surface area contributed by atoms with E-state index >= 15 is 0 Å². The molecule has 16 heavy (non-hydrogen) atoms. The zero-order valence-corrected chi connectivity index (χ0v) is 9.64. The Labute approximate surface area is 96.3 Å². The van der Waals surface area contributed by atoms with Crippen LogP contribution < -0.4 is 0 Å². The lowest BCUT2D eigenvalue weighted by molar-refractivity contribution is 0.0777. The Morgan fingerprint density at radius 3 is 2.38 bits per heavy atom. The quantitative estimate of drug-likeness (QED) is 0.759. The number of aliphatic hydroxyl groups excluding tert-OH is 1. The molecule has 1 saturated heterocycles. The maximum absolute atomic E-state index is 11.2. The number of hydrogen-bond donors (Lipinski definition) is 2. The fraction of sp³-hybridized carbons (Fsp3) is 0.917. The van der Waals surface area contributed by atoms with E-state index in [0.29, 0.717) is 5.92 Å². The molecule has 2 rings (SSSR count). The molecule has 0 aromatic heterocycles. The van der Waals surface area contributed by atoms with Gasteiger partial charge in [-0.05, 0) is 31.6 Å². The maximum atomic E-state index is 11.2. The Morgan fingerprint density at radius 1 is 1.12 bits per heavy atom. The summed E-state index contributed by atoms with van der Waals surface area (Å²) < 4.78 is 0. The van der Waals surface area contributed by atoms with E-state index in [2.05, 4.69) is 0 Å². The first kappa shape index (κ1) is 11.7. The molecule has 0 bridgehead atoms. The van der Waals surface area contributed by atoms with Crippen molar-refractivity contribution in [3.05, 3.63) is 0 Å². The minimum absolute atomic E-state index is 0.0322. The number of carbonyl (C=O) groups is 1. The molecule has 0 spiro atoms. The fourth-order valence-electron chi connectivity index (χ4n) is 3.37. The third-order valence-corrected chi connectivity index (χ3v) is 4.17. The molecule has 2 N–H and O–H groups in total. The van der Waals surface area contributed by atoms with E-state index in [0.717, 1.165) is 25.7 Å². The molecular weight excluding hydrogens is 206 g/mol. The number of likely N-dealkylation sites (tertiary alicyclic amines) is 1. The third-order valence-electron chi connectivity index (χ3n) is 4.17. The monoisotopic (exact) mass is 227 g/mol. The standard InChI is InChI=1S/C12H21NO3/c14-8-10-6-7-11(13(10)12(15)16)9-4-2-1-3-5-9/h9-11,14H,1-8H2,(H,15,16)/t10-,11+/m1/s1. The molecule has 1 aliphatic carbocycles. The van der Waals surface area contributed by atoms with Gasteiger partial charge in [0.05, 0.1) is 12.6 Å². The van der Waals surface area contributed by atoms with Gasteiger partial charge in [0.15, 0.2) is 0 Å². The zero-order chi connectivity index (χ0) is 11.5. The number of hydrogen-bond acceptors (Lipinski definition) is 2. The van der Waals surface area contributed by atoms with Crippen LogP contribution in [0.15, 0.2) is 0 Å². The molecule has 1 saturated carbocycles. The molecule has 1 heterocycles. The van der Waals surface area contributed by atoms with Crippen molar-refractivity contribution in [2.24, 2.45) is 5.92 Å². The molecule has 0 unspecified atom stereocenters. The van der Waals surface area contributed by atoms with Crippen LogP contribution in [-0.4, -0.2) is 39.9 Å². The van der Waals surface area contributed by atoms with Crippen molar-refractivity contribution in [2.45, 2.75) is 57.0 Å². The highest BCUT2D eigenvalue weighted by Gasteiger charge is 2.40. The normalized spacial score (nSPS) is 31.9. The SMILES string of the molecule is O=C(O)N1[C@@H](CO)CC[C@H]1C1CCCCC1. The van der Waals surface area contributed by atoms with Gasteiger partial charge in [0.2, 0.25) is 0 Å². The van der Waals surface area contributed by atoms with Gasteiger partial charge in [0.1, 0.15) is 0 Å². The van der Waals surface area contributed by atoms with Crippen molar-refractivity contribution in [2.75, 3.05) is 6.61 Å². The Balaban J connectivity index is 2.04. The van der Waals surface area contributed by atoms with Crippen molar-refractivity contribution >= 4 is 6.09 Å². The first-order valence-electron chi connectivity index (χ1n) is 6.36. The minimum Gasteiger partial charge on any atom is -0.465 e. The van der Waals surface area contributed by atoms with Gasteiger partial charge in [-0.3, -0.25) is 4.90 Å². The van der Waals surface area contributed by atoms with Gasteiger partial charge >= 0.3 is 6.09 Å². The van der Waals surface area contributed by atoms with Crippen LogP contribution in [0.2, 0.25) is 0 Å². The van der Waals surface area contributed by atoms with E-state index in [4.69, 9.17) is 0 Å². The van der Waals surface area contributed by atoms with E-state index in [1.807, 2.05) is 0 Å². The van der Waals surface area contributed by atoms with Gasteiger partial charge in [0, 0.05) is 6.04 Å². The van der Waals surface area contributed by atoms with Gasteiger partial charge < -0.3 is 10.2 Å². The molecule has 4 nitrogen and oxygen atoms in total. The molecule has 2 atom stereocenters. The Kier molecular flexibility index (Phi) is 3.69. The lowest BCUT2D eigenvalue weighted by Gasteiger charge is -2.34. The van der Waals surface area contributed by atoms with Crippen LogP contribution >= 0.6 is 0 Å². The van der Waals surface area contributed by atoms with Crippen LogP contribution in [0, 0.1) is 5.92 Å². The highest BCUT2D eigenvalue weighted by molar-refractivity contribution is 5.66. The number of aliphatic hydroxyl groups is 1. The van der Waals surface area contributed by atoms with Gasteiger partial charge in [-0.2, -0.15) is 0 Å². The molecule has 0 aromatic rings. The van der Waals surface area contributed by atoms with Gasteiger partial charge in [-0.25, -0.2) is 4.79 Å². The van der Waals surface area contributed by atoms with Crippen LogP contribution in [0.25, 0.3) is 0 Å². The second-order valence-electron chi connectivity index (χ2n) is 5.07. The highest BCUT2D eigenvalue weighted by atomic mass is 16.4. The topological polar surface area (TPSA) is 60.8 Å². The highest BCUT2D eigenvalue weighted by Crippen LogP contribution is 2.36. The number of carboxylic acid groups (broad SMARTS) is 1. The van der Waals surface area contributed by atoms with Crippen LogP contribution in [0.1, 0.15) is 44.9 Å². The van der Waals surface area contributed by atoms with E-state index in [1.54, 1.807) is 0 Å². The fourth-order valence-corrected chi connectivity index (χ4v) is 3.37. The molecule has 0 radical (unpaired) electrons. The van der Waals surface area contributed by atoms with E-state index in [9.17, 15) is 15.0 Å². The smallest absolute Gasteiger partial charge is 0.407 e. The number of rotatable bonds is 2. The molecule has 0 aromatic carbocycles. The summed E-state index contributed by atoms with van der Waals surface area (Å²) in [6.07, 6.45) is 6.98. The summed E-state index contributed by atoms with van der Waals surface area (Å²) in [7, 11) is 0. The van der Waals surface area contributed by atoms with E-state index < -0.39 is 6.09 Å². The molecule has 4 heteroatoms. The van der Waals surface area contributed by atoms with Crippen molar-refractivity contribution < 1.29 is 15.0 Å². The lowest BCUT2D eigenvalue weighted by Crippen LogP contribution is -2.45. The van der Waals surface area contributed by atoms with Crippen molar-refractivity contribution in [3.63, 3.8) is 0 Å². The predicted molar refractivity (Wildman–Crippen MR) is 60.3 cm³/mol. The van der Waals surface area contributed by atoms with Gasteiger partial charge in [0.25, 0.3) is 0 Å². The van der Waals surface area contributed by atoms with Crippen LogP contribution in [0.3, 0.4) is 0 Å². The summed E-state index contributed by atoms with van der Waals surface area (Å²) in [6, 6.07) is -0.000577. The predicted octanol–water partition coefficient (Wildman–Crippen LogP) is 2.07. The second-order valence-corrected chi connectivity index (χ2v) is 5.07. The Bertz CT molecular complexity index is 251. The van der Waals surface area contributed by atoms with Crippen molar-refractivity contribution in [1.82, 2.24) is 4.90 Å². The van der Waals surface area contributed by atoms with Gasteiger partial charge in [-0.15, -0.1) is 0 Å². The Hall–Kier alpha value is -0.770. The summed E-state index contributed by atoms with van der Waals surface area (Å²) in [5.74, 6) is 0.529. The van der Waals surface area contributed by atoms with Crippen molar-refractivity contribution in [1.29, 1.82) is 0 Å². The molecule has 1 aliphatic heterocycles. The molecular formula is C12H21NO3. The summed E-state index contributed by atoms with van der Waals surface area (Å²) in [4.78, 5) is 12.8. The lowest BCUT2D eigenvalue weighted by atomic mass is 9.83. The average Bonchev–Trinajstić information content (AvgIpc) is 2.73. The summed E-state index contributed by atoms with van der Waals surface area (Å²) in [6.45, 7) is -0.0322. The molecule has 1 amide bonds. The molecule has 2 fully saturated rings. The largest absolute Gasteiger partial charge is 0.465 e. The minimum atomic E-state index is -0.855. The second kappa shape index (κ2) is 5.04. The van der Waals surface area contributed by atoms with Gasteiger partial charge in [-0.1, -0.05) is 19.3 Å². The van der Waals surface area contributed by atoms with Crippen LogP contribution in [0.4, 0.5) is 4.79 Å². The third kappa shape index (κ3) is 2.17. The number of amides is 1. The molecule has 2 aliphatic rings. The average molecular weight is 227 g/mol. The van der Waals surface area contributed by atoms with Crippen LogP contribution in [-0.2, 0) is 0 Å². The molecule has 92 valence electrons. The maximum Gasteiger partial charge on any atom is 0.407 e. The first-order chi connectivity index (χ1) is 7.74. The zero-order valence-electron chi connectivity index (χ0n) is 9.64. The Morgan fingerprint density at radius 2 is 1.81 bits per heavy atom.